The molecule has 2 aliphatic carbocycles. The van der Waals surface area contributed by atoms with E-state index in [9.17, 15) is 0 Å². The standard InChI is InChI=1S/C13H24.2C2H6/c1-6-9-7-10-8-11(9)13(4,5)12(10,2)3;2*1-2/h9-11H,6-8H2,1-5H3;2*1-2H3. The number of fused-ring (bicyclic) bond motifs is 2. The smallest absolute Gasteiger partial charge is 0.0269 e. The van der Waals surface area contributed by atoms with Crippen LogP contribution in [-0.2, 0) is 0 Å². The quantitative estimate of drug-likeness (QED) is 0.515. The lowest BCUT2D eigenvalue weighted by Gasteiger charge is -2.48. The van der Waals surface area contributed by atoms with Crippen LogP contribution in [0.25, 0.3) is 0 Å². The van der Waals surface area contributed by atoms with Gasteiger partial charge in [0.05, 0.1) is 0 Å². The predicted octanol–water partition coefficient (Wildman–Crippen LogP) is 6.16. The first-order chi connectivity index (χ1) is 7.91. The van der Waals surface area contributed by atoms with E-state index >= 15 is 0 Å². The van der Waals surface area contributed by atoms with E-state index in [1.54, 1.807) is 0 Å². The van der Waals surface area contributed by atoms with Gasteiger partial charge < -0.3 is 0 Å². The SMILES string of the molecule is CC.CC.CCC1CC2CC1C(C)(C)C2(C)C. The van der Waals surface area contributed by atoms with Gasteiger partial charge in [-0.2, -0.15) is 0 Å². The van der Waals surface area contributed by atoms with E-state index in [0.29, 0.717) is 10.8 Å². The molecule has 0 aliphatic heterocycles. The molecule has 3 atom stereocenters. The van der Waals surface area contributed by atoms with Crippen LogP contribution in [0.3, 0.4) is 0 Å². The second kappa shape index (κ2) is 6.25. The van der Waals surface area contributed by atoms with Crippen LogP contribution in [0.1, 0.15) is 81.6 Å². The summed E-state index contributed by atoms with van der Waals surface area (Å²) in [6.45, 7) is 20.3. The molecule has 2 fully saturated rings. The minimum Gasteiger partial charge on any atom is -0.0683 e. The highest BCUT2D eigenvalue weighted by Gasteiger charge is 2.60. The molecule has 0 N–H and O–H groups in total. The van der Waals surface area contributed by atoms with Crippen molar-refractivity contribution in [3.8, 4) is 0 Å². The van der Waals surface area contributed by atoms with Crippen LogP contribution in [0.4, 0.5) is 0 Å². The summed E-state index contributed by atoms with van der Waals surface area (Å²) in [5.41, 5.74) is 1.17. The van der Waals surface area contributed by atoms with Gasteiger partial charge in [-0.1, -0.05) is 68.7 Å². The van der Waals surface area contributed by atoms with Crippen molar-refractivity contribution in [2.45, 2.75) is 81.6 Å². The summed E-state index contributed by atoms with van der Waals surface area (Å²) >= 11 is 0. The maximum Gasteiger partial charge on any atom is -0.0269 e. The number of rotatable bonds is 1. The molecule has 3 unspecified atom stereocenters. The van der Waals surface area contributed by atoms with E-state index in [4.69, 9.17) is 0 Å². The van der Waals surface area contributed by atoms with Crippen molar-refractivity contribution in [2.75, 3.05) is 0 Å². The normalized spacial score (nSPS) is 35.5. The van der Waals surface area contributed by atoms with E-state index in [0.717, 1.165) is 17.8 Å². The largest absolute Gasteiger partial charge is 0.0683 e. The summed E-state index contributed by atoms with van der Waals surface area (Å²) < 4.78 is 0. The van der Waals surface area contributed by atoms with Crippen molar-refractivity contribution in [3.05, 3.63) is 0 Å². The third-order valence-corrected chi connectivity index (χ3v) is 5.83. The van der Waals surface area contributed by atoms with Gasteiger partial charge in [0.15, 0.2) is 0 Å². The van der Waals surface area contributed by atoms with Gasteiger partial charge in [0.1, 0.15) is 0 Å². The molecular weight excluding hydrogens is 204 g/mol. The molecule has 0 amide bonds. The van der Waals surface area contributed by atoms with Gasteiger partial charge in [0.25, 0.3) is 0 Å². The fourth-order valence-electron chi connectivity index (χ4n) is 4.05. The first-order valence-electron chi connectivity index (χ1n) is 7.91. The predicted molar refractivity (Wildman–Crippen MR) is 80.3 cm³/mol. The van der Waals surface area contributed by atoms with Crippen LogP contribution in [0.2, 0.25) is 0 Å². The van der Waals surface area contributed by atoms with Crippen molar-refractivity contribution in [1.82, 2.24) is 0 Å². The summed E-state index contributed by atoms with van der Waals surface area (Å²) in [6.07, 6.45) is 4.43. The molecule has 0 heteroatoms. The summed E-state index contributed by atoms with van der Waals surface area (Å²) in [4.78, 5) is 0. The molecule has 17 heavy (non-hydrogen) atoms. The van der Waals surface area contributed by atoms with Crippen molar-refractivity contribution in [2.24, 2.45) is 28.6 Å². The van der Waals surface area contributed by atoms with Gasteiger partial charge in [-0.05, 0) is 41.4 Å². The summed E-state index contributed by atoms with van der Waals surface area (Å²) in [6, 6.07) is 0. The van der Waals surface area contributed by atoms with Crippen LogP contribution < -0.4 is 0 Å². The first kappa shape index (κ1) is 17.0. The molecular formula is C17H36. The highest BCUT2D eigenvalue weighted by molar-refractivity contribution is 5.09. The average Bonchev–Trinajstić information content (AvgIpc) is 2.84. The Kier molecular flexibility index (Phi) is 6.25. The first-order valence-corrected chi connectivity index (χ1v) is 7.91. The van der Waals surface area contributed by atoms with Gasteiger partial charge in [-0.25, -0.2) is 0 Å². The maximum atomic E-state index is 2.50. The van der Waals surface area contributed by atoms with Gasteiger partial charge in [0.2, 0.25) is 0 Å². The molecule has 0 saturated heterocycles. The third kappa shape index (κ3) is 2.56. The van der Waals surface area contributed by atoms with Crippen molar-refractivity contribution < 1.29 is 0 Å². The van der Waals surface area contributed by atoms with Crippen LogP contribution in [-0.4, -0.2) is 0 Å². The highest BCUT2D eigenvalue weighted by atomic mass is 14.6. The Labute approximate surface area is 111 Å². The second-order valence-corrected chi connectivity index (χ2v) is 6.39. The Balaban J connectivity index is 0.000000581. The molecule has 0 radical (unpaired) electrons. The number of hydrogen-bond donors (Lipinski definition) is 0. The van der Waals surface area contributed by atoms with E-state index < -0.39 is 0 Å². The lowest BCUT2D eigenvalue weighted by Crippen LogP contribution is -2.41. The Morgan fingerprint density at radius 2 is 1.29 bits per heavy atom. The summed E-state index contributed by atoms with van der Waals surface area (Å²) in [7, 11) is 0. The molecule has 2 aliphatic rings. The molecule has 0 nitrogen and oxygen atoms in total. The topological polar surface area (TPSA) is 0 Å². The molecule has 104 valence electrons. The Bertz CT molecular complexity index is 212. The summed E-state index contributed by atoms with van der Waals surface area (Å²) in [5.74, 6) is 3.06. The van der Waals surface area contributed by atoms with E-state index in [-0.39, 0.29) is 0 Å². The van der Waals surface area contributed by atoms with E-state index in [2.05, 4.69) is 34.6 Å². The average molecular weight is 240 g/mol. The molecule has 0 aromatic rings. The minimum absolute atomic E-state index is 0.580. The molecule has 0 heterocycles. The van der Waals surface area contributed by atoms with Crippen molar-refractivity contribution in [1.29, 1.82) is 0 Å². The monoisotopic (exact) mass is 240 g/mol. The fourth-order valence-corrected chi connectivity index (χ4v) is 4.05. The molecule has 2 saturated carbocycles. The maximum absolute atomic E-state index is 2.50. The molecule has 0 aromatic carbocycles. The molecule has 2 rings (SSSR count). The molecule has 2 bridgehead atoms. The highest BCUT2D eigenvalue weighted by Crippen LogP contribution is 2.68. The molecule has 0 spiro atoms. The van der Waals surface area contributed by atoms with Crippen molar-refractivity contribution >= 4 is 0 Å². The minimum atomic E-state index is 0.580. The van der Waals surface area contributed by atoms with Gasteiger partial charge >= 0.3 is 0 Å². The Morgan fingerprint density at radius 3 is 1.59 bits per heavy atom. The fraction of sp³-hybridized carbons (Fsp3) is 1.00. The lowest BCUT2D eigenvalue weighted by atomic mass is 9.57. The van der Waals surface area contributed by atoms with Crippen molar-refractivity contribution in [3.63, 3.8) is 0 Å². The zero-order valence-electron chi connectivity index (χ0n) is 13.9. The van der Waals surface area contributed by atoms with Gasteiger partial charge in [-0.15, -0.1) is 0 Å². The van der Waals surface area contributed by atoms with E-state index in [1.807, 2.05) is 27.7 Å². The number of hydrogen-bond acceptors (Lipinski definition) is 0. The zero-order chi connectivity index (χ0) is 13.9. The lowest BCUT2D eigenvalue weighted by molar-refractivity contribution is 0.00574. The Morgan fingerprint density at radius 1 is 0.824 bits per heavy atom. The van der Waals surface area contributed by atoms with Crippen LogP contribution in [0, 0.1) is 28.6 Å². The van der Waals surface area contributed by atoms with Crippen LogP contribution in [0.15, 0.2) is 0 Å². The van der Waals surface area contributed by atoms with E-state index in [1.165, 1.54) is 19.3 Å². The van der Waals surface area contributed by atoms with Gasteiger partial charge in [-0.3, -0.25) is 0 Å². The van der Waals surface area contributed by atoms with Gasteiger partial charge in [0, 0.05) is 0 Å². The Hall–Kier alpha value is 0. The second-order valence-electron chi connectivity index (χ2n) is 6.39. The summed E-state index contributed by atoms with van der Waals surface area (Å²) in [5, 5.41) is 0. The molecule has 0 aromatic heterocycles. The third-order valence-electron chi connectivity index (χ3n) is 5.83. The van der Waals surface area contributed by atoms with Crippen LogP contribution >= 0.6 is 0 Å². The zero-order valence-corrected chi connectivity index (χ0v) is 13.9. The van der Waals surface area contributed by atoms with Crippen LogP contribution in [0.5, 0.6) is 0 Å².